The first-order valence-electron chi connectivity index (χ1n) is 12.2. The van der Waals surface area contributed by atoms with Crippen LogP contribution in [0.15, 0.2) is 55.0 Å². The van der Waals surface area contributed by atoms with Gasteiger partial charge in [0.1, 0.15) is 23.5 Å². The van der Waals surface area contributed by atoms with Gasteiger partial charge in [-0.3, -0.25) is 28.8 Å². The monoisotopic (exact) mass is 518 g/mol. The maximum Gasteiger partial charge on any atom is 0.272 e. The highest BCUT2D eigenvalue weighted by Crippen LogP contribution is 2.22. The predicted molar refractivity (Wildman–Crippen MR) is 137 cm³/mol. The van der Waals surface area contributed by atoms with Gasteiger partial charge in [0.05, 0.1) is 11.9 Å². The molecule has 4 amide bonds. The molecule has 1 fully saturated rings. The number of aromatic nitrogens is 4. The van der Waals surface area contributed by atoms with E-state index in [1.165, 1.54) is 28.2 Å². The molecule has 0 bridgehead atoms. The van der Waals surface area contributed by atoms with Crippen LogP contribution in [0.1, 0.15) is 45.1 Å². The van der Waals surface area contributed by atoms with Crippen molar-refractivity contribution in [3.63, 3.8) is 0 Å². The van der Waals surface area contributed by atoms with Crippen molar-refractivity contribution in [2.75, 3.05) is 6.54 Å². The van der Waals surface area contributed by atoms with E-state index in [9.17, 15) is 19.2 Å². The molecule has 0 spiro atoms. The van der Waals surface area contributed by atoms with Gasteiger partial charge in [0.15, 0.2) is 0 Å². The van der Waals surface area contributed by atoms with E-state index in [4.69, 9.17) is 5.73 Å². The van der Waals surface area contributed by atoms with Gasteiger partial charge in [-0.25, -0.2) is 4.98 Å². The first-order valence-corrected chi connectivity index (χ1v) is 12.2. The van der Waals surface area contributed by atoms with Crippen molar-refractivity contribution >= 4 is 23.6 Å². The molecule has 12 heteroatoms. The zero-order valence-corrected chi connectivity index (χ0v) is 21.2. The van der Waals surface area contributed by atoms with Crippen LogP contribution in [0, 0.1) is 6.92 Å². The maximum atomic E-state index is 13.6. The molecule has 4 N–H and O–H groups in total. The number of nitrogens with zero attached hydrogens (tertiary/aromatic N) is 5. The van der Waals surface area contributed by atoms with Crippen LogP contribution in [0.2, 0.25) is 0 Å². The standard InChI is InChI=1S/C26H30N8O4/c1-16-12-22(33(2)32-16)26(38)34-11-8-18(30-24(36)20-15-28-9-10-29-20)14-21(34)25(37)31-19(23(27)35)13-17-6-4-3-5-7-17/h3-7,9-10,12,15,18-19,21H,8,11,13-14H2,1-2H3,(H2,27,35)(H,30,36)(H,31,37)/t18-,19+,21-/m0/s1. The number of amides is 4. The van der Waals surface area contributed by atoms with E-state index < -0.39 is 35.8 Å². The Hall–Kier alpha value is -4.61. The molecule has 12 nitrogen and oxygen atoms in total. The Balaban J connectivity index is 1.55. The summed E-state index contributed by atoms with van der Waals surface area (Å²) in [6.45, 7) is 1.97. The summed E-state index contributed by atoms with van der Waals surface area (Å²) in [6.07, 6.45) is 4.99. The molecule has 0 aliphatic carbocycles. The third kappa shape index (κ3) is 6.20. The maximum absolute atomic E-state index is 13.6. The van der Waals surface area contributed by atoms with E-state index in [2.05, 4.69) is 25.7 Å². The summed E-state index contributed by atoms with van der Waals surface area (Å²) in [5, 5.41) is 9.85. The topological polar surface area (TPSA) is 165 Å². The first-order chi connectivity index (χ1) is 18.2. The molecule has 3 aromatic rings. The van der Waals surface area contributed by atoms with Crippen molar-refractivity contribution in [3.8, 4) is 0 Å². The summed E-state index contributed by atoms with van der Waals surface area (Å²) in [5.74, 6) is -2.02. The number of hydrogen-bond acceptors (Lipinski definition) is 7. The zero-order valence-electron chi connectivity index (χ0n) is 21.2. The fraction of sp³-hybridized carbons (Fsp3) is 0.346. The summed E-state index contributed by atoms with van der Waals surface area (Å²) >= 11 is 0. The molecule has 3 atom stereocenters. The number of aryl methyl sites for hydroxylation is 2. The van der Waals surface area contributed by atoms with E-state index in [0.29, 0.717) is 17.8 Å². The van der Waals surface area contributed by atoms with Crippen molar-refractivity contribution in [1.82, 2.24) is 35.3 Å². The lowest BCUT2D eigenvalue weighted by Crippen LogP contribution is -2.60. The highest BCUT2D eigenvalue weighted by molar-refractivity contribution is 5.98. The number of primary amides is 1. The van der Waals surface area contributed by atoms with Crippen LogP contribution in [-0.2, 0) is 23.1 Å². The van der Waals surface area contributed by atoms with Crippen molar-refractivity contribution in [1.29, 1.82) is 0 Å². The number of hydrogen-bond donors (Lipinski definition) is 3. The Morgan fingerprint density at radius 2 is 1.92 bits per heavy atom. The lowest BCUT2D eigenvalue weighted by atomic mass is 9.95. The average Bonchev–Trinajstić information content (AvgIpc) is 3.26. The fourth-order valence-electron chi connectivity index (χ4n) is 4.56. The van der Waals surface area contributed by atoms with Gasteiger partial charge in [0.2, 0.25) is 11.8 Å². The molecule has 38 heavy (non-hydrogen) atoms. The molecule has 3 heterocycles. The summed E-state index contributed by atoms with van der Waals surface area (Å²) < 4.78 is 1.47. The molecule has 4 rings (SSSR count). The Morgan fingerprint density at radius 1 is 1.16 bits per heavy atom. The Labute approximate surface area is 219 Å². The smallest absolute Gasteiger partial charge is 0.272 e. The molecule has 0 saturated carbocycles. The largest absolute Gasteiger partial charge is 0.368 e. The van der Waals surface area contributed by atoms with Gasteiger partial charge < -0.3 is 21.3 Å². The summed E-state index contributed by atoms with van der Waals surface area (Å²) in [7, 11) is 1.66. The van der Waals surface area contributed by atoms with Crippen molar-refractivity contribution in [2.24, 2.45) is 12.8 Å². The number of rotatable bonds is 8. The molecular weight excluding hydrogens is 488 g/mol. The quantitative estimate of drug-likeness (QED) is 0.381. The fourth-order valence-corrected chi connectivity index (χ4v) is 4.56. The van der Waals surface area contributed by atoms with Crippen LogP contribution in [0.5, 0.6) is 0 Å². The SMILES string of the molecule is Cc1cc(C(=O)N2CC[C@H](NC(=O)c3cnccn3)C[C@H]2C(=O)N[C@H](Cc2ccccc2)C(N)=O)n(C)n1. The Bertz CT molecular complexity index is 1310. The minimum Gasteiger partial charge on any atom is -0.368 e. The first kappa shape index (κ1) is 26.5. The van der Waals surface area contributed by atoms with Crippen molar-refractivity contribution < 1.29 is 19.2 Å². The van der Waals surface area contributed by atoms with Gasteiger partial charge in [-0.1, -0.05) is 30.3 Å². The van der Waals surface area contributed by atoms with Crippen molar-refractivity contribution in [3.05, 3.63) is 77.6 Å². The number of nitrogens with two attached hydrogens (primary N) is 1. The average molecular weight is 519 g/mol. The number of benzene rings is 1. The van der Waals surface area contributed by atoms with Crippen LogP contribution in [0.3, 0.4) is 0 Å². The molecule has 1 aliphatic rings. The molecule has 1 saturated heterocycles. The highest BCUT2D eigenvalue weighted by Gasteiger charge is 2.39. The minimum atomic E-state index is -0.977. The number of carbonyl (C=O) groups is 4. The van der Waals surface area contributed by atoms with E-state index >= 15 is 0 Å². The van der Waals surface area contributed by atoms with Crippen LogP contribution < -0.4 is 16.4 Å². The zero-order chi connectivity index (χ0) is 27.2. The number of nitrogens with one attached hydrogen (secondary N) is 2. The van der Waals surface area contributed by atoms with Crippen LogP contribution >= 0.6 is 0 Å². The van der Waals surface area contributed by atoms with Gasteiger partial charge >= 0.3 is 0 Å². The van der Waals surface area contributed by atoms with Gasteiger partial charge in [-0.15, -0.1) is 0 Å². The lowest BCUT2D eigenvalue weighted by Gasteiger charge is -2.39. The molecule has 0 unspecified atom stereocenters. The van der Waals surface area contributed by atoms with Gasteiger partial charge in [-0.2, -0.15) is 5.10 Å². The second-order valence-corrected chi connectivity index (χ2v) is 9.25. The van der Waals surface area contributed by atoms with E-state index in [0.717, 1.165) is 5.56 Å². The van der Waals surface area contributed by atoms with Crippen LogP contribution in [0.25, 0.3) is 0 Å². The predicted octanol–water partition coefficient (Wildman–Crippen LogP) is 0.135. The molecule has 1 aliphatic heterocycles. The Kier molecular flexibility index (Phi) is 8.09. The van der Waals surface area contributed by atoms with Gasteiger partial charge in [0.25, 0.3) is 11.8 Å². The van der Waals surface area contributed by atoms with E-state index in [-0.39, 0.29) is 31.0 Å². The van der Waals surface area contributed by atoms with E-state index in [1.54, 1.807) is 20.0 Å². The number of likely N-dealkylation sites (tertiary alicyclic amines) is 1. The summed E-state index contributed by atoms with van der Waals surface area (Å²) in [5.41, 5.74) is 7.58. The molecule has 0 radical (unpaired) electrons. The van der Waals surface area contributed by atoms with Crippen LogP contribution in [-0.4, -0.2) is 72.9 Å². The third-order valence-electron chi connectivity index (χ3n) is 6.46. The number of piperidine rings is 1. The second kappa shape index (κ2) is 11.6. The molecule has 1 aromatic carbocycles. The van der Waals surface area contributed by atoms with Gasteiger partial charge in [-0.05, 0) is 31.4 Å². The lowest BCUT2D eigenvalue weighted by molar-refractivity contribution is -0.131. The summed E-state index contributed by atoms with van der Waals surface area (Å²) in [6, 6.07) is 8.48. The van der Waals surface area contributed by atoms with Crippen LogP contribution in [0.4, 0.5) is 0 Å². The summed E-state index contributed by atoms with van der Waals surface area (Å²) in [4.78, 5) is 61.3. The third-order valence-corrected chi connectivity index (χ3v) is 6.46. The normalized spacial score (nSPS) is 17.9. The van der Waals surface area contributed by atoms with Crippen molar-refractivity contribution in [2.45, 2.75) is 44.3 Å². The Morgan fingerprint density at radius 3 is 2.55 bits per heavy atom. The second-order valence-electron chi connectivity index (χ2n) is 9.25. The number of carbonyl (C=O) groups excluding carboxylic acids is 4. The molecule has 198 valence electrons. The highest BCUT2D eigenvalue weighted by atomic mass is 16.2. The minimum absolute atomic E-state index is 0.136. The van der Waals surface area contributed by atoms with E-state index in [1.807, 2.05) is 30.3 Å². The molecular formula is C26H30N8O4. The van der Waals surface area contributed by atoms with Gasteiger partial charge in [0, 0.05) is 38.4 Å². The molecule has 2 aromatic heterocycles.